The minimum absolute atomic E-state index is 0.112. The van der Waals surface area contributed by atoms with Gasteiger partial charge in [-0.15, -0.1) is 0 Å². The van der Waals surface area contributed by atoms with Crippen LogP contribution in [0.2, 0.25) is 0 Å². The molecule has 0 amide bonds. The van der Waals surface area contributed by atoms with Gasteiger partial charge in [0.2, 0.25) is 0 Å². The maximum atomic E-state index is 13.6. The molecule has 0 saturated heterocycles. The number of nitrogens with zero attached hydrogens (tertiary/aromatic N) is 4. The first-order chi connectivity index (χ1) is 15.1. The fourth-order valence-electron chi connectivity index (χ4n) is 3.05. The van der Waals surface area contributed by atoms with Crippen LogP contribution in [-0.4, -0.2) is 25.6 Å². The SMILES string of the molecule is O=C(n1nc(-c2ccccc2)cc1C(F)(F)F)n1nc(-c2ccccc2)cc1C(F)(F)F. The van der Waals surface area contributed by atoms with E-state index in [1.807, 2.05) is 0 Å². The Kier molecular flexibility index (Phi) is 5.11. The minimum atomic E-state index is -5.05. The van der Waals surface area contributed by atoms with E-state index in [0.717, 1.165) is 0 Å². The Morgan fingerprint density at radius 3 is 1.28 bits per heavy atom. The second kappa shape index (κ2) is 7.66. The highest BCUT2D eigenvalue weighted by Gasteiger charge is 2.42. The van der Waals surface area contributed by atoms with Crippen LogP contribution in [0.5, 0.6) is 0 Å². The number of carbonyl (C=O) groups excluding carboxylic acids is 1. The molecule has 5 nitrogen and oxygen atoms in total. The Balaban J connectivity index is 1.88. The molecule has 2 heterocycles. The smallest absolute Gasteiger partial charge is 0.244 e. The van der Waals surface area contributed by atoms with E-state index in [1.54, 1.807) is 36.4 Å². The summed E-state index contributed by atoms with van der Waals surface area (Å²) in [6.45, 7) is 0. The molecule has 0 radical (unpaired) electrons. The number of aromatic nitrogens is 4. The van der Waals surface area contributed by atoms with Gasteiger partial charge in [0.1, 0.15) is 0 Å². The molecule has 0 atom stereocenters. The third-order valence-electron chi connectivity index (χ3n) is 4.50. The lowest BCUT2D eigenvalue weighted by Gasteiger charge is -2.11. The van der Waals surface area contributed by atoms with Gasteiger partial charge in [-0.2, -0.15) is 45.9 Å². The number of benzene rings is 2. The van der Waals surface area contributed by atoms with Gasteiger partial charge in [-0.05, 0) is 12.1 Å². The van der Waals surface area contributed by atoms with E-state index < -0.39 is 29.8 Å². The molecule has 0 aliphatic carbocycles. The van der Waals surface area contributed by atoms with Gasteiger partial charge < -0.3 is 0 Å². The molecule has 0 saturated carbocycles. The topological polar surface area (TPSA) is 52.7 Å². The Bertz CT molecular complexity index is 1160. The average molecular weight is 450 g/mol. The Labute approximate surface area is 176 Å². The summed E-state index contributed by atoms with van der Waals surface area (Å²) in [6.07, 6.45) is -10.1. The van der Waals surface area contributed by atoms with Crippen LogP contribution in [-0.2, 0) is 12.4 Å². The normalized spacial score (nSPS) is 12.2. The van der Waals surface area contributed by atoms with Gasteiger partial charge >= 0.3 is 18.4 Å². The van der Waals surface area contributed by atoms with Crippen molar-refractivity contribution in [2.24, 2.45) is 0 Å². The highest BCUT2D eigenvalue weighted by Crippen LogP contribution is 2.35. The van der Waals surface area contributed by atoms with Crippen molar-refractivity contribution in [3.63, 3.8) is 0 Å². The fraction of sp³-hybridized carbons (Fsp3) is 0.0952. The second-order valence-corrected chi connectivity index (χ2v) is 6.66. The van der Waals surface area contributed by atoms with Gasteiger partial charge in [0.15, 0.2) is 11.4 Å². The average Bonchev–Trinajstić information content (AvgIpc) is 3.40. The third kappa shape index (κ3) is 4.01. The van der Waals surface area contributed by atoms with Crippen molar-refractivity contribution >= 4 is 6.03 Å². The van der Waals surface area contributed by atoms with E-state index in [1.165, 1.54) is 24.3 Å². The number of halogens is 6. The summed E-state index contributed by atoms with van der Waals surface area (Å²) in [5, 5.41) is 7.29. The lowest BCUT2D eigenvalue weighted by atomic mass is 10.1. The van der Waals surface area contributed by atoms with Crippen molar-refractivity contribution in [3.05, 3.63) is 84.2 Å². The summed E-state index contributed by atoms with van der Waals surface area (Å²) in [4.78, 5) is 12.9. The molecule has 4 rings (SSSR count). The van der Waals surface area contributed by atoms with Crippen LogP contribution in [0.1, 0.15) is 11.4 Å². The molecule has 0 aliphatic rings. The summed E-state index contributed by atoms with van der Waals surface area (Å²) in [5.74, 6) is 0. The summed E-state index contributed by atoms with van der Waals surface area (Å²) in [5.41, 5.74) is -2.99. The van der Waals surface area contributed by atoms with Crippen molar-refractivity contribution in [3.8, 4) is 22.5 Å². The first kappa shape index (κ1) is 21.3. The van der Waals surface area contributed by atoms with E-state index in [9.17, 15) is 31.1 Å². The van der Waals surface area contributed by atoms with Gasteiger partial charge in [-0.25, -0.2) is 4.79 Å². The lowest BCUT2D eigenvalue weighted by Crippen LogP contribution is -2.30. The first-order valence-corrected chi connectivity index (χ1v) is 9.06. The van der Waals surface area contributed by atoms with E-state index in [-0.39, 0.29) is 31.9 Å². The van der Waals surface area contributed by atoms with E-state index in [0.29, 0.717) is 12.1 Å². The number of hydrogen-bond donors (Lipinski definition) is 0. The molecule has 32 heavy (non-hydrogen) atoms. The Morgan fingerprint density at radius 1 is 0.625 bits per heavy atom. The minimum Gasteiger partial charge on any atom is -0.244 e. The molecule has 164 valence electrons. The molecule has 2 aromatic heterocycles. The zero-order chi connectivity index (χ0) is 23.1. The molecule has 0 bridgehead atoms. The highest BCUT2D eigenvalue weighted by molar-refractivity contribution is 5.81. The van der Waals surface area contributed by atoms with Crippen LogP contribution in [0.3, 0.4) is 0 Å². The second-order valence-electron chi connectivity index (χ2n) is 6.66. The van der Waals surface area contributed by atoms with Gasteiger partial charge in [0, 0.05) is 11.1 Å². The summed E-state index contributed by atoms with van der Waals surface area (Å²) < 4.78 is 81.3. The molecular formula is C21H12F6N4O. The van der Waals surface area contributed by atoms with E-state index in [4.69, 9.17) is 0 Å². The first-order valence-electron chi connectivity index (χ1n) is 9.06. The van der Waals surface area contributed by atoms with Crippen LogP contribution >= 0.6 is 0 Å². The number of alkyl halides is 6. The molecule has 0 aliphatic heterocycles. The van der Waals surface area contributed by atoms with Gasteiger partial charge in [0.25, 0.3) is 0 Å². The Hall–Kier alpha value is -3.89. The zero-order valence-corrected chi connectivity index (χ0v) is 15.9. The van der Waals surface area contributed by atoms with E-state index >= 15 is 0 Å². The predicted molar refractivity (Wildman–Crippen MR) is 102 cm³/mol. The highest BCUT2D eigenvalue weighted by atomic mass is 19.4. The van der Waals surface area contributed by atoms with Gasteiger partial charge in [0.05, 0.1) is 11.4 Å². The molecule has 0 N–H and O–H groups in total. The Morgan fingerprint density at radius 2 is 0.969 bits per heavy atom. The van der Waals surface area contributed by atoms with Crippen molar-refractivity contribution in [2.45, 2.75) is 12.4 Å². The number of hydrogen-bond acceptors (Lipinski definition) is 3. The molecule has 0 spiro atoms. The van der Waals surface area contributed by atoms with Crippen LogP contribution in [0.4, 0.5) is 31.1 Å². The van der Waals surface area contributed by atoms with Gasteiger partial charge in [-0.1, -0.05) is 60.7 Å². The number of carbonyl (C=O) groups is 1. The quantitative estimate of drug-likeness (QED) is 0.354. The molecule has 0 fully saturated rings. The predicted octanol–water partition coefficient (Wildman–Crippen LogP) is 5.97. The van der Waals surface area contributed by atoms with Crippen LogP contribution in [0, 0.1) is 0 Å². The molecule has 0 unspecified atom stereocenters. The lowest BCUT2D eigenvalue weighted by molar-refractivity contribution is -0.143. The van der Waals surface area contributed by atoms with Crippen LogP contribution in [0.15, 0.2) is 72.8 Å². The maximum absolute atomic E-state index is 13.6. The summed E-state index contributed by atoms with van der Waals surface area (Å²) >= 11 is 0. The van der Waals surface area contributed by atoms with Crippen LogP contribution < -0.4 is 0 Å². The zero-order valence-electron chi connectivity index (χ0n) is 15.9. The molecular weight excluding hydrogens is 438 g/mol. The molecule has 11 heteroatoms. The standard InChI is InChI=1S/C21H12F6N4O/c22-20(23,24)17-11-15(13-7-3-1-4-8-13)28-30(17)19(32)31-18(21(25,26)27)12-16(29-31)14-9-5-2-6-10-14/h1-12H. The monoisotopic (exact) mass is 450 g/mol. The van der Waals surface area contributed by atoms with E-state index in [2.05, 4.69) is 10.2 Å². The third-order valence-corrected chi connectivity index (χ3v) is 4.50. The summed E-state index contributed by atoms with van der Waals surface area (Å²) in [7, 11) is 0. The number of rotatable bonds is 2. The van der Waals surface area contributed by atoms with Crippen molar-refractivity contribution in [1.29, 1.82) is 0 Å². The maximum Gasteiger partial charge on any atom is 0.433 e. The molecule has 4 aromatic rings. The van der Waals surface area contributed by atoms with Gasteiger partial charge in [-0.3, -0.25) is 0 Å². The van der Waals surface area contributed by atoms with Crippen LogP contribution in [0.25, 0.3) is 22.5 Å². The molecule has 2 aromatic carbocycles. The van der Waals surface area contributed by atoms with Crippen molar-refractivity contribution in [2.75, 3.05) is 0 Å². The van der Waals surface area contributed by atoms with Crippen molar-refractivity contribution < 1.29 is 31.1 Å². The van der Waals surface area contributed by atoms with Crippen molar-refractivity contribution in [1.82, 2.24) is 19.6 Å². The largest absolute Gasteiger partial charge is 0.433 e. The summed E-state index contributed by atoms with van der Waals surface area (Å²) in [6, 6.07) is 14.8. The fourth-order valence-corrected chi connectivity index (χ4v) is 3.05.